The Hall–Kier alpha value is -5.38. The summed E-state index contributed by atoms with van der Waals surface area (Å²) in [5.74, 6) is 0.472. The van der Waals surface area contributed by atoms with Crippen LogP contribution in [0.3, 0.4) is 0 Å². The van der Waals surface area contributed by atoms with Gasteiger partial charge in [0.25, 0.3) is 0 Å². The maximum Gasteiger partial charge on any atom is 0.0640 e. The highest BCUT2D eigenvalue weighted by Crippen LogP contribution is 2.43. The van der Waals surface area contributed by atoms with E-state index in [0.29, 0.717) is 5.92 Å². The van der Waals surface area contributed by atoms with E-state index in [0.717, 1.165) is 6.42 Å². The van der Waals surface area contributed by atoms with Crippen molar-refractivity contribution in [2.45, 2.75) is 19.3 Å². The van der Waals surface area contributed by atoms with Crippen molar-refractivity contribution in [1.82, 2.24) is 9.13 Å². The van der Waals surface area contributed by atoms with Crippen molar-refractivity contribution in [2.75, 3.05) is 0 Å². The van der Waals surface area contributed by atoms with Crippen molar-refractivity contribution in [3.8, 4) is 22.5 Å². The van der Waals surface area contributed by atoms with E-state index in [1.807, 2.05) is 11.3 Å². The molecule has 0 fully saturated rings. The van der Waals surface area contributed by atoms with Crippen molar-refractivity contribution < 1.29 is 0 Å². The fraction of sp³-hybridized carbons (Fsp3) is 0.0698. The molecule has 6 aromatic carbocycles. The van der Waals surface area contributed by atoms with Gasteiger partial charge in [-0.1, -0.05) is 91.9 Å². The van der Waals surface area contributed by atoms with Crippen LogP contribution in [0, 0.1) is 0 Å². The molecule has 0 saturated carbocycles. The number of fused-ring (bicyclic) bond motifs is 9. The molecule has 0 N–H and O–H groups in total. The van der Waals surface area contributed by atoms with Crippen LogP contribution in [0.4, 0.5) is 0 Å². The smallest absolute Gasteiger partial charge is 0.0640 e. The van der Waals surface area contributed by atoms with E-state index < -0.39 is 0 Å². The van der Waals surface area contributed by atoms with Gasteiger partial charge in [-0.15, -0.1) is 11.3 Å². The highest BCUT2D eigenvalue weighted by atomic mass is 32.1. The Morgan fingerprint density at radius 1 is 0.565 bits per heavy atom. The normalized spacial score (nSPS) is 14.7. The average molecular weight is 607 g/mol. The number of hydrogen-bond acceptors (Lipinski definition) is 1. The number of hydrogen-bond donors (Lipinski definition) is 0. The summed E-state index contributed by atoms with van der Waals surface area (Å²) in [5.41, 5.74) is 11.5. The van der Waals surface area contributed by atoms with Crippen LogP contribution < -0.4 is 0 Å². The van der Waals surface area contributed by atoms with Crippen molar-refractivity contribution in [3.05, 3.63) is 151 Å². The van der Waals surface area contributed by atoms with Crippen molar-refractivity contribution in [3.63, 3.8) is 0 Å². The summed E-state index contributed by atoms with van der Waals surface area (Å²) in [4.78, 5) is 0. The summed E-state index contributed by atoms with van der Waals surface area (Å²) in [5, 5.41) is 6.57. The molecule has 0 spiro atoms. The van der Waals surface area contributed by atoms with Gasteiger partial charge in [0.15, 0.2) is 0 Å². The summed E-state index contributed by atoms with van der Waals surface area (Å²) in [6.45, 7) is 2.36. The number of allylic oxidation sites excluding steroid dienone is 1. The molecule has 10 rings (SSSR count). The first-order chi connectivity index (χ1) is 22.7. The average Bonchev–Trinajstić information content (AvgIpc) is 3.76. The Morgan fingerprint density at radius 2 is 1.24 bits per heavy atom. The van der Waals surface area contributed by atoms with Gasteiger partial charge in [0.05, 0.1) is 26.9 Å². The van der Waals surface area contributed by atoms with Gasteiger partial charge in [0.2, 0.25) is 0 Å². The summed E-state index contributed by atoms with van der Waals surface area (Å²) in [6, 6.07) is 49.3. The molecular formula is C43H30N2S. The van der Waals surface area contributed by atoms with Gasteiger partial charge in [0, 0.05) is 43.0 Å². The molecule has 218 valence electrons. The van der Waals surface area contributed by atoms with E-state index in [2.05, 4.69) is 162 Å². The standard InChI is InChI=1S/C43H30N2S/c1-27-11-9-18-39-42(27)35-26-29(22-24-38(35)44(39)30-12-3-2-4-13-30)28-21-23-37-34(25-28)31-14-5-7-17-36(31)45(37)40-19-10-16-33-32-15-6-8-20-41(32)46-43(33)40/h2-10,12-27H,11H2,1H3. The quantitative estimate of drug-likeness (QED) is 0.189. The predicted molar refractivity (Wildman–Crippen MR) is 198 cm³/mol. The van der Waals surface area contributed by atoms with Gasteiger partial charge in [-0.2, -0.15) is 0 Å². The number of thiophene rings is 1. The third-order valence-electron chi connectivity index (χ3n) is 9.95. The summed E-state index contributed by atoms with van der Waals surface area (Å²) in [6.07, 6.45) is 5.72. The lowest BCUT2D eigenvalue weighted by Gasteiger charge is -2.16. The maximum absolute atomic E-state index is 2.47. The summed E-state index contributed by atoms with van der Waals surface area (Å²) < 4.78 is 7.57. The SMILES string of the molecule is CC1CC=Cc2c1c1cc(-c3ccc4c(c3)c3ccccc3n4-c3cccc4c3sc3ccccc34)ccc1n2-c1ccccc1. The Balaban J connectivity index is 1.19. The van der Waals surface area contributed by atoms with E-state index in [1.165, 1.54) is 86.6 Å². The number of para-hydroxylation sites is 2. The Labute approximate surface area is 271 Å². The first-order valence-electron chi connectivity index (χ1n) is 16.1. The second kappa shape index (κ2) is 9.81. The molecule has 1 atom stereocenters. The van der Waals surface area contributed by atoms with Crippen molar-refractivity contribution in [1.29, 1.82) is 0 Å². The molecular weight excluding hydrogens is 577 g/mol. The van der Waals surface area contributed by atoms with E-state index in [4.69, 9.17) is 0 Å². The lowest BCUT2D eigenvalue weighted by molar-refractivity contribution is 0.773. The van der Waals surface area contributed by atoms with Gasteiger partial charge < -0.3 is 9.13 Å². The van der Waals surface area contributed by atoms with Crippen LogP contribution in [0.15, 0.2) is 140 Å². The predicted octanol–water partition coefficient (Wildman–Crippen LogP) is 12.3. The summed E-state index contributed by atoms with van der Waals surface area (Å²) in [7, 11) is 0. The van der Waals surface area contributed by atoms with Gasteiger partial charge >= 0.3 is 0 Å². The molecule has 0 amide bonds. The fourth-order valence-electron chi connectivity index (χ4n) is 7.87. The Morgan fingerprint density at radius 3 is 2.09 bits per heavy atom. The van der Waals surface area contributed by atoms with Gasteiger partial charge in [-0.25, -0.2) is 0 Å². The van der Waals surface area contributed by atoms with Crippen LogP contribution in [-0.4, -0.2) is 9.13 Å². The monoisotopic (exact) mass is 606 g/mol. The lowest BCUT2D eigenvalue weighted by atomic mass is 9.90. The Bertz CT molecular complexity index is 2680. The van der Waals surface area contributed by atoms with E-state index in [9.17, 15) is 0 Å². The van der Waals surface area contributed by atoms with Gasteiger partial charge in [0.1, 0.15) is 0 Å². The lowest BCUT2D eigenvalue weighted by Crippen LogP contribution is -2.02. The van der Waals surface area contributed by atoms with Crippen molar-refractivity contribution in [2.24, 2.45) is 0 Å². The third kappa shape index (κ3) is 3.64. The highest BCUT2D eigenvalue weighted by molar-refractivity contribution is 7.26. The van der Waals surface area contributed by atoms with Crippen LogP contribution in [0.1, 0.15) is 30.5 Å². The highest BCUT2D eigenvalue weighted by Gasteiger charge is 2.24. The van der Waals surface area contributed by atoms with E-state index in [1.54, 1.807) is 0 Å². The number of benzene rings is 6. The molecule has 1 aliphatic rings. The van der Waals surface area contributed by atoms with Crippen LogP contribution in [0.2, 0.25) is 0 Å². The number of rotatable bonds is 3. The zero-order valence-electron chi connectivity index (χ0n) is 25.4. The summed E-state index contributed by atoms with van der Waals surface area (Å²) >= 11 is 1.89. The molecule has 0 radical (unpaired) electrons. The van der Waals surface area contributed by atoms with E-state index in [-0.39, 0.29) is 0 Å². The topological polar surface area (TPSA) is 9.86 Å². The molecule has 3 heteroatoms. The first kappa shape index (κ1) is 25.9. The van der Waals surface area contributed by atoms with Crippen LogP contribution in [-0.2, 0) is 0 Å². The zero-order valence-corrected chi connectivity index (χ0v) is 26.3. The molecule has 46 heavy (non-hydrogen) atoms. The Kier molecular flexibility index (Phi) is 5.52. The molecule has 2 nitrogen and oxygen atoms in total. The first-order valence-corrected chi connectivity index (χ1v) is 16.9. The molecule has 3 heterocycles. The molecule has 3 aromatic heterocycles. The van der Waals surface area contributed by atoms with Crippen LogP contribution in [0.5, 0.6) is 0 Å². The molecule has 1 unspecified atom stereocenters. The third-order valence-corrected chi connectivity index (χ3v) is 11.2. The van der Waals surface area contributed by atoms with Crippen molar-refractivity contribution >= 4 is 70.3 Å². The minimum absolute atomic E-state index is 0.472. The number of nitrogens with zero attached hydrogens (tertiary/aromatic N) is 2. The maximum atomic E-state index is 2.47. The molecule has 0 bridgehead atoms. The number of aromatic nitrogens is 2. The zero-order chi connectivity index (χ0) is 30.4. The minimum Gasteiger partial charge on any atom is -0.310 e. The second-order valence-electron chi connectivity index (χ2n) is 12.6. The largest absolute Gasteiger partial charge is 0.310 e. The molecule has 1 aliphatic carbocycles. The van der Waals surface area contributed by atoms with Gasteiger partial charge in [-0.05, 0) is 89.7 Å². The second-order valence-corrected chi connectivity index (χ2v) is 13.6. The molecule has 9 aromatic rings. The molecule has 0 saturated heterocycles. The van der Waals surface area contributed by atoms with Gasteiger partial charge in [-0.3, -0.25) is 0 Å². The van der Waals surface area contributed by atoms with Crippen LogP contribution >= 0.6 is 11.3 Å². The van der Waals surface area contributed by atoms with Crippen LogP contribution in [0.25, 0.3) is 81.5 Å². The fourth-order valence-corrected chi connectivity index (χ4v) is 9.08. The molecule has 0 aliphatic heterocycles. The minimum atomic E-state index is 0.472. The van der Waals surface area contributed by atoms with E-state index >= 15 is 0 Å².